The molecule has 0 radical (unpaired) electrons. The van der Waals surface area contributed by atoms with Crippen LogP contribution in [0.4, 0.5) is 17.1 Å². The van der Waals surface area contributed by atoms with Gasteiger partial charge in [-0.2, -0.15) is 5.23 Å². The number of nitrogens with one attached hydrogen (secondary N) is 3. The van der Waals surface area contributed by atoms with Crippen molar-refractivity contribution in [1.82, 2.24) is 0 Å². The molecule has 0 fully saturated rings. The first kappa shape index (κ1) is 24.4. The second-order valence-corrected chi connectivity index (χ2v) is 7.83. The van der Waals surface area contributed by atoms with E-state index in [1.54, 1.807) is 36.4 Å². The van der Waals surface area contributed by atoms with E-state index >= 15 is 0 Å². The number of rotatable bonds is 8. The lowest BCUT2D eigenvalue weighted by Gasteiger charge is -2.19. The highest BCUT2D eigenvalue weighted by molar-refractivity contribution is 6.50. The fourth-order valence-corrected chi connectivity index (χ4v) is 3.66. The highest BCUT2D eigenvalue weighted by Crippen LogP contribution is 2.28. The number of para-hydroxylation sites is 1. The molecule has 4 rings (SSSR count). The second-order valence-electron chi connectivity index (χ2n) is 7.83. The van der Waals surface area contributed by atoms with Gasteiger partial charge in [-0.15, -0.1) is 0 Å². The summed E-state index contributed by atoms with van der Waals surface area (Å²) >= 11 is 0. The van der Waals surface area contributed by atoms with Gasteiger partial charge in [0.25, 0.3) is 5.91 Å². The molecule has 0 aromatic heterocycles. The first-order valence-corrected chi connectivity index (χ1v) is 10.7. The predicted octanol–water partition coefficient (Wildman–Crippen LogP) is 2.09. The molecule has 0 aliphatic heterocycles. The summed E-state index contributed by atoms with van der Waals surface area (Å²) in [5, 5.41) is 24.2. The van der Waals surface area contributed by atoms with Crippen molar-refractivity contribution in [1.29, 1.82) is 0 Å². The summed E-state index contributed by atoms with van der Waals surface area (Å²) in [6.45, 7) is 0. The number of Topliss-reactive ketones (excluding diaryl/α,β-unsaturated/α-hetero) is 3. The molecule has 1 aliphatic rings. The molecule has 0 bridgehead atoms. The minimum atomic E-state index is -1.20. The van der Waals surface area contributed by atoms with Crippen LogP contribution >= 0.6 is 0 Å². The van der Waals surface area contributed by atoms with Crippen LogP contribution in [0, 0.1) is 5.21 Å². The van der Waals surface area contributed by atoms with Crippen molar-refractivity contribution in [2.75, 3.05) is 10.6 Å². The third-order valence-corrected chi connectivity index (χ3v) is 5.40. The first-order valence-electron chi connectivity index (χ1n) is 10.7. The molecule has 36 heavy (non-hydrogen) atoms. The monoisotopic (exact) mass is 485 g/mol. The summed E-state index contributed by atoms with van der Waals surface area (Å²) < 4.78 is 0. The number of hydrogen-bond donors (Lipinski definition) is 4. The quantitative estimate of drug-likeness (QED) is 0.163. The Morgan fingerprint density at radius 3 is 2.33 bits per heavy atom. The number of anilines is 2. The molecule has 10 nitrogen and oxygen atoms in total. The Kier molecular flexibility index (Phi) is 6.93. The largest absolute Gasteiger partial charge is 0.595 e. The molecule has 4 N–H and O–H groups in total. The normalized spacial score (nSPS) is 13.3. The van der Waals surface area contributed by atoms with Gasteiger partial charge in [0.1, 0.15) is 0 Å². The molecule has 0 saturated carbocycles. The van der Waals surface area contributed by atoms with Crippen LogP contribution in [-0.4, -0.2) is 34.2 Å². The summed E-state index contributed by atoms with van der Waals surface area (Å²) in [4.78, 5) is 62.0. The average Bonchev–Trinajstić information content (AvgIpc) is 2.87. The zero-order valence-corrected chi connectivity index (χ0v) is 18.6. The molecule has 0 heterocycles. The van der Waals surface area contributed by atoms with Crippen molar-refractivity contribution in [3.05, 3.63) is 101 Å². The molecule has 1 atom stereocenters. The van der Waals surface area contributed by atoms with Crippen LogP contribution in [0.25, 0.3) is 5.70 Å². The van der Waals surface area contributed by atoms with E-state index in [1.807, 2.05) is 0 Å². The maximum atomic E-state index is 12.9. The van der Waals surface area contributed by atoms with Gasteiger partial charge in [0.15, 0.2) is 11.5 Å². The number of hydrogen-bond acceptors (Lipinski definition) is 8. The predicted molar refractivity (Wildman–Crippen MR) is 129 cm³/mol. The van der Waals surface area contributed by atoms with Gasteiger partial charge in [-0.25, -0.2) is 5.21 Å². The molecular weight excluding hydrogens is 466 g/mol. The standard InChI is InChI=1S/C26H19N3O7/c30-22(14-24(32)26(34)27-15-6-5-7-16(12-15)29(35)36)19-10-3-4-11-20(19)28-21-13-23(31)25(33)18-9-2-1-8-17(18)21/h1-13,28-29,35H,14H2,(H,27,34). The van der Waals surface area contributed by atoms with Crippen molar-refractivity contribution in [2.45, 2.75) is 6.42 Å². The number of carbonyl (C=O) groups is 5. The number of allylic oxidation sites excluding steroid dienone is 1. The van der Waals surface area contributed by atoms with E-state index in [2.05, 4.69) is 10.6 Å². The number of fused-ring (bicyclic) bond motifs is 1. The number of quaternary nitrogens is 1. The van der Waals surface area contributed by atoms with Gasteiger partial charge in [0.05, 0.1) is 12.1 Å². The lowest BCUT2D eigenvalue weighted by atomic mass is 9.92. The van der Waals surface area contributed by atoms with Gasteiger partial charge in [-0.1, -0.05) is 42.5 Å². The van der Waals surface area contributed by atoms with Gasteiger partial charge >= 0.3 is 0 Å². The average molecular weight is 485 g/mol. The van der Waals surface area contributed by atoms with E-state index in [9.17, 15) is 29.2 Å². The van der Waals surface area contributed by atoms with Gasteiger partial charge in [-0.3, -0.25) is 24.0 Å². The minimum Gasteiger partial charge on any atom is -0.595 e. The Morgan fingerprint density at radius 1 is 0.889 bits per heavy atom. The Morgan fingerprint density at radius 2 is 1.58 bits per heavy atom. The maximum absolute atomic E-state index is 12.9. The van der Waals surface area contributed by atoms with Gasteiger partial charge < -0.3 is 15.8 Å². The van der Waals surface area contributed by atoms with E-state index in [0.717, 1.165) is 6.08 Å². The Balaban J connectivity index is 1.50. The smallest absolute Gasteiger partial charge is 0.292 e. The highest BCUT2D eigenvalue weighted by Gasteiger charge is 2.27. The van der Waals surface area contributed by atoms with E-state index in [-0.39, 0.29) is 28.2 Å². The van der Waals surface area contributed by atoms with Crippen LogP contribution in [-0.2, 0) is 14.4 Å². The minimum absolute atomic E-state index is 0.0740. The van der Waals surface area contributed by atoms with E-state index in [1.165, 1.54) is 36.4 Å². The molecule has 0 spiro atoms. The van der Waals surface area contributed by atoms with Crippen molar-refractivity contribution in [3.8, 4) is 0 Å². The third-order valence-electron chi connectivity index (χ3n) is 5.40. The van der Waals surface area contributed by atoms with E-state index in [0.29, 0.717) is 11.3 Å². The van der Waals surface area contributed by atoms with E-state index < -0.39 is 40.7 Å². The van der Waals surface area contributed by atoms with Crippen molar-refractivity contribution in [3.63, 3.8) is 0 Å². The second kappa shape index (κ2) is 10.2. The summed E-state index contributed by atoms with van der Waals surface area (Å²) in [7, 11) is 0. The van der Waals surface area contributed by atoms with Crippen LogP contribution < -0.4 is 15.9 Å². The summed E-state index contributed by atoms with van der Waals surface area (Å²) in [5.74, 6) is -4.07. The maximum Gasteiger partial charge on any atom is 0.292 e. The Hall–Kier alpha value is -4.77. The molecule has 3 aromatic rings. The Bertz CT molecular complexity index is 1440. The number of amides is 1. The zero-order valence-electron chi connectivity index (χ0n) is 18.6. The van der Waals surface area contributed by atoms with E-state index in [4.69, 9.17) is 5.21 Å². The molecule has 0 saturated heterocycles. The van der Waals surface area contributed by atoms with Crippen LogP contribution in [0.15, 0.2) is 78.9 Å². The zero-order chi connectivity index (χ0) is 25.8. The number of benzene rings is 3. The molecule has 3 aromatic carbocycles. The van der Waals surface area contributed by atoms with Crippen LogP contribution in [0.1, 0.15) is 32.7 Å². The first-order chi connectivity index (χ1) is 17.2. The summed E-state index contributed by atoms with van der Waals surface area (Å²) in [5.41, 5.74) is 1.46. The molecular formula is C26H19N3O7. The molecule has 1 amide bonds. The van der Waals surface area contributed by atoms with Crippen molar-refractivity contribution < 1.29 is 34.4 Å². The topological polar surface area (TPSA) is 157 Å². The summed E-state index contributed by atoms with van der Waals surface area (Å²) in [6, 6.07) is 18.1. The van der Waals surface area contributed by atoms with Crippen LogP contribution in [0.5, 0.6) is 0 Å². The van der Waals surface area contributed by atoms with Crippen molar-refractivity contribution >= 4 is 51.8 Å². The van der Waals surface area contributed by atoms with Gasteiger partial charge in [-0.05, 0) is 18.2 Å². The fourth-order valence-electron chi connectivity index (χ4n) is 3.66. The molecule has 180 valence electrons. The molecule has 10 heteroatoms. The van der Waals surface area contributed by atoms with Crippen LogP contribution in [0.3, 0.4) is 0 Å². The highest BCUT2D eigenvalue weighted by atomic mass is 16.8. The lowest BCUT2D eigenvalue weighted by molar-refractivity contribution is -0.991. The summed E-state index contributed by atoms with van der Waals surface area (Å²) in [6.07, 6.45) is 0.409. The van der Waals surface area contributed by atoms with Gasteiger partial charge in [0, 0.05) is 46.3 Å². The SMILES string of the molecule is O=C1C=C(Nc2ccccc2C(=O)CC(=O)C(=O)Nc2cccc([NH+]([O-])O)c2)c2ccccc2C1=O. The van der Waals surface area contributed by atoms with Crippen molar-refractivity contribution in [2.24, 2.45) is 0 Å². The number of ketones is 4. The number of carbonyl (C=O) groups excluding carboxylic acids is 5. The third kappa shape index (κ3) is 5.15. The molecule has 1 aliphatic carbocycles. The fraction of sp³-hybridized carbons (Fsp3) is 0.0385. The lowest BCUT2D eigenvalue weighted by Crippen LogP contribution is -2.99. The van der Waals surface area contributed by atoms with Gasteiger partial charge in [0.2, 0.25) is 17.3 Å². The van der Waals surface area contributed by atoms with Crippen LogP contribution in [0.2, 0.25) is 0 Å². The molecule has 1 unspecified atom stereocenters. The Labute approximate surface area is 204 Å².